The maximum Gasteiger partial charge on any atom is 0.268 e. The number of morpholine rings is 1. The molecule has 0 bridgehead atoms. The predicted octanol–water partition coefficient (Wildman–Crippen LogP) is 4.59. The van der Waals surface area contributed by atoms with Gasteiger partial charge in [-0.1, -0.05) is 17.7 Å². The van der Waals surface area contributed by atoms with E-state index in [1.54, 1.807) is 35.2 Å². The van der Waals surface area contributed by atoms with Crippen LogP contribution < -0.4 is 9.80 Å². The number of fused-ring (bicyclic) bond motifs is 1. The summed E-state index contributed by atoms with van der Waals surface area (Å²) in [5.74, 6) is -0.0716. The fraction of sp³-hybridized carbons (Fsp3) is 0.370. The van der Waals surface area contributed by atoms with E-state index < -0.39 is 10.0 Å². The van der Waals surface area contributed by atoms with E-state index in [9.17, 15) is 13.2 Å². The van der Waals surface area contributed by atoms with Crippen molar-refractivity contribution in [1.29, 1.82) is 0 Å². The first kappa shape index (κ1) is 25.8. The summed E-state index contributed by atoms with van der Waals surface area (Å²) in [6.07, 6.45) is 0. The monoisotopic (exact) mass is 575 g/mol. The standard InChI is InChI=1S/C27H27ClFN3O4S2/c28-18-3-6-20(7-4-18)38(34,35)31-15-21-22(16-31)23(21)17-32(27(33)26-2-1-13-37-26)19-5-8-25(24(29)14-19)30-9-11-36-12-10-30/h1-8,13-14,21-23H,9-12,15-17H2. The van der Waals surface area contributed by atoms with Crippen LogP contribution in [0.3, 0.4) is 0 Å². The fourth-order valence-corrected chi connectivity index (χ4v) is 7.92. The molecular formula is C27H27ClFN3O4S2. The molecule has 3 aliphatic rings. The Balaban J connectivity index is 1.19. The molecule has 0 radical (unpaired) electrons. The molecule has 0 spiro atoms. The highest BCUT2D eigenvalue weighted by molar-refractivity contribution is 7.89. The number of carbonyl (C=O) groups is 1. The SMILES string of the molecule is O=C(c1cccs1)N(CC1C2CN(S(=O)(=O)c3ccc(Cl)cc3)CC12)c1ccc(N2CCOCC2)c(F)c1. The van der Waals surface area contributed by atoms with Crippen molar-refractivity contribution in [3.8, 4) is 0 Å². The molecule has 2 saturated heterocycles. The number of halogens is 2. The third-order valence-electron chi connectivity index (χ3n) is 7.75. The summed E-state index contributed by atoms with van der Waals surface area (Å²) < 4.78 is 48.3. The Hall–Kier alpha value is -2.50. The van der Waals surface area contributed by atoms with Crippen LogP contribution in [0.1, 0.15) is 9.67 Å². The molecular weight excluding hydrogens is 549 g/mol. The van der Waals surface area contributed by atoms with Crippen LogP contribution in [0.15, 0.2) is 64.9 Å². The lowest BCUT2D eigenvalue weighted by Crippen LogP contribution is -2.37. The Kier molecular flexibility index (Phi) is 6.94. The van der Waals surface area contributed by atoms with E-state index in [0.717, 1.165) is 0 Å². The van der Waals surface area contributed by atoms with Gasteiger partial charge in [0.15, 0.2) is 0 Å². The van der Waals surface area contributed by atoms with Gasteiger partial charge in [0.1, 0.15) is 5.82 Å². The molecule has 2 aliphatic heterocycles. The van der Waals surface area contributed by atoms with Crippen LogP contribution in [0.25, 0.3) is 0 Å². The molecule has 1 amide bonds. The predicted molar refractivity (Wildman–Crippen MR) is 146 cm³/mol. The zero-order valence-corrected chi connectivity index (χ0v) is 22.9. The second kappa shape index (κ2) is 10.2. The Morgan fingerprint density at radius 3 is 2.42 bits per heavy atom. The van der Waals surface area contributed by atoms with Gasteiger partial charge in [-0.25, -0.2) is 12.8 Å². The van der Waals surface area contributed by atoms with Crippen LogP contribution >= 0.6 is 22.9 Å². The van der Waals surface area contributed by atoms with Crippen molar-refractivity contribution in [3.63, 3.8) is 0 Å². The van der Waals surface area contributed by atoms with Crippen molar-refractivity contribution in [2.75, 3.05) is 55.7 Å². The minimum absolute atomic E-state index is 0.151. The molecule has 2 atom stereocenters. The number of carbonyl (C=O) groups excluding carboxylic acids is 1. The number of ether oxygens (including phenoxy) is 1. The number of amides is 1. The van der Waals surface area contributed by atoms with Crippen LogP contribution in [0.4, 0.5) is 15.8 Å². The van der Waals surface area contributed by atoms with E-state index in [4.69, 9.17) is 16.3 Å². The highest BCUT2D eigenvalue weighted by atomic mass is 35.5. The third kappa shape index (κ3) is 4.84. The highest BCUT2D eigenvalue weighted by Crippen LogP contribution is 2.53. The number of rotatable bonds is 7. The van der Waals surface area contributed by atoms with Gasteiger partial charge in [0.25, 0.3) is 5.91 Å². The molecule has 3 fully saturated rings. The van der Waals surface area contributed by atoms with E-state index in [-0.39, 0.29) is 34.4 Å². The number of benzene rings is 2. The average molecular weight is 576 g/mol. The highest BCUT2D eigenvalue weighted by Gasteiger charge is 2.58. The summed E-state index contributed by atoms with van der Waals surface area (Å²) in [5, 5.41) is 2.33. The maximum atomic E-state index is 15.3. The number of sulfonamides is 1. The molecule has 3 aromatic rings. The van der Waals surface area contributed by atoms with Gasteiger partial charge in [-0.3, -0.25) is 4.79 Å². The van der Waals surface area contributed by atoms with Gasteiger partial charge in [0.05, 0.1) is 28.7 Å². The number of hydrogen-bond acceptors (Lipinski definition) is 6. The van der Waals surface area contributed by atoms with Crippen molar-refractivity contribution in [3.05, 3.63) is 75.7 Å². The Morgan fingerprint density at radius 2 is 1.79 bits per heavy atom. The fourth-order valence-electron chi connectivity index (χ4n) is 5.61. The van der Waals surface area contributed by atoms with Gasteiger partial charge < -0.3 is 14.5 Å². The van der Waals surface area contributed by atoms with E-state index >= 15 is 4.39 Å². The zero-order valence-electron chi connectivity index (χ0n) is 20.5. The minimum Gasteiger partial charge on any atom is -0.378 e. The van der Waals surface area contributed by atoms with Gasteiger partial charge in [-0.2, -0.15) is 4.31 Å². The number of thiophene rings is 1. The smallest absolute Gasteiger partial charge is 0.268 e. The number of piperidine rings is 1. The van der Waals surface area contributed by atoms with Crippen molar-refractivity contribution < 1.29 is 22.3 Å². The molecule has 1 aromatic heterocycles. The molecule has 6 rings (SSSR count). The molecule has 1 aliphatic carbocycles. The van der Waals surface area contributed by atoms with Crippen LogP contribution in [0.2, 0.25) is 5.02 Å². The Bertz CT molecular complexity index is 1420. The summed E-state index contributed by atoms with van der Waals surface area (Å²) in [5.41, 5.74) is 1.01. The van der Waals surface area contributed by atoms with Crippen LogP contribution in [0, 0.1) is 23.6 Å². The third-order valence-corrected chi connectivity index (χ3v) is 10.7. The molecule has 0 N–H and O–H groups in total. The molecule has 38 heavy (non-hydrogen) atoms. The van der Waals surface area contributed by atoms with Crippen molar-refractivity contribution in [2.45, 2.75) is 4.90 Å². The lowest BCUT2D eigenvalue weighted by molar-refractivity contribution is 0.0988. The summed E-state index contributed by atoms with van der Waals surface area (Å²) >= 11 is 7.27. The lowest BCUT2D eigenvalue weighted by atomic mass is 10.2. The lowest BCUT2D eigenvalue weighted by Gasteiger charge is -2.30. The van der Waals surface area contributed by atoms with Gasteiger partial charge in [-0.15, -0.1) is 11.3 Å². The summed E-state index contributed by atoms with van der Waals surface area (Å²) in [6, 6.07) is 14.8. The molecule has 200 valence electrons. The van der Waals surface area contributed by atoms with Crippen LogP contribution in [-0.2, 0) is 14.8 Å². The maximum absolute atomic E-state index is 15.3. The van der Waals surface area contributed by atoms with Crippen molar-refractivity contribution in [2.24, 2.45) is 17.8 Å². The van der Waals surface area contributed by atoms with E-state index in [1.807, 2.05) is 16.3 Å². The summed E-state index contributed by atoms with van der Waals surface area (Å²) in [6.45, 7) is 3.58. The van der Waals surface area contributed by atoms with Crippen LogP contribution in [-0.4, -0.2) is 64.6 Å². The van der Waals surface area contributed by atoms with Gasteiger partial charge >= 0.3 is 0 Å². The first-order valence-corrected chi connectivity index (χ1v) is 15.3. The Labute approximate surface area is 230 Å². The molecule has 1 saturated carbocycles. The number of nitrogens with zero attached hydrogens (tertiary/aromatic N) is 3. The van der Waals surface area contributed by atoms with E-state index in [0.29, 0.717) is 67.2 Å². The Morgan fingerprint density at radius 1 is 1.08 bits per heavy atom. The van der Waals surface area contributed by atoms with E-state index in [2.05, 4.69) is 0 Å². The molecule has 7 nitrogen and oxygen atoms in total. The van der Waals surface area contributed by atoms with Crippen LogP contribution in [0.5, 0.6) is 0 Å². The van der Waals surface area contributed by atoms with Gasteiger partial charge in [-0.05, 0) is 71.7 Å². The quantitative estimate of drug-likeness (QED) is 0.412. The van der Waals surface area contributed by atoms with Crippen molar-refractivity contribution >= 4 is 50.2 Å². The number of hydrogen-bond donors (Lipinski definition) is 0. The van der Waals surface area contributed by atoms with Gasteiger partial charge in [0.2, 0.25) is 10.0 Å². The molecule has 2 unspecified atom stereocenters. The first-order chi connectivity index (χ1) is 18.3. The molecule has 2 aromatic carbocycles. The summed E-state index contributed by atoms with van der Waals surface area (Å²) in [7, 11) is -3.60. The number of anilines is 2. The largest absolute Gasteiger partial charge is 0.378 e. The second-order valence-corrected chi connectivity index (χ2v) is 13.2. The van der Waals surface area contributed by atoms with Crippen molar-refractivity contribution in [1.82, 2.24) is 4.31 Å². The first-order valence-electron chi connectivity index (χ1n) is 12.6. The molecule has 11 heteroatoms. The average Bonchev–Trinajstić information content (AvgIpc) is 3.32. The second-order valence-electron chi connectivity index (χ2n) is 9.90. The normalized spacial score (nSPS) is 23.3. The van der Waals surface area contributed by atoms with Gasteiger partial charge in [0, 0.05) is 43.4 Å². The topological polar surface area (TPSA) is 70.2 Å². The summed E-state index contributed by atoms with van der Waals surface area (Å²) in [4.78, 5) is 17.9. The molecule has 3 heterocycles. The van der Waals surface area contributed by atoms with E-state index in [1.165, 1.54) is 33.8 Å². The zero-order chi connectivity index (χ0) is 26.4. The minimum atomic E-state index is -3.60.